The summed E-state index contributed by atoms with van der Waals surface area (Å²) in [6, 6.07) is 8.10. The molecule has 0 saturated heterocycles. The number of aromatic amines is 1. The van der Waals surface area contributed by atoms with Crippen molar-refractivity contribution in [1.82, 2.24) is 19.7 Å². The van der Waals surface area contributed by atoms with Crippen LogP contribution in [0.25, 0.3) is 22.2 Å². The molecule has 1 aliphatic heterocycles. The Labute approximate surface area is 172 Å². The van der Waals surface area contributed by atoms with E-state index in [0.29, 0.717) is 17.7 Å². The first-order valence-electron chi connectivity index (χ1n) is 9.62. The Balaban J connectivity index is 1.52. The van der Waals surface area contributed by atoms with E-state index >= 15 is 0 Å². The Morgan fingerprint density at radius 3 is 2.83 bits per heavy atom. The van der Waals surface area contributed by atoms with E-state index in [0.717, 1.165) is 33.4 Å². The third-order valence-electron chi connectivity index (χ3n) is 5.59. The Kier molecular flexibility index (Phi) is 4.15. The molecule has 1 atom stereocenters. The first-order valence-corrected chi connectivity index (χ1v) is 9.62. The number of benzene rings is 1. The summed E-state index contributed by atoms with van der Waals surface area (Å²) < 4.78 is 15.4. The Hall–Kier alpha value is -3.58. The minimum absolute atomic E-state index is 0.348. The van der Waals surface area contributed by atoms with E-state index in [-0.39, 0.29) is 5.82 Å². The van der Waals surface area contributed by atoms with Gasteiger partial charge in [-0.2, -0.15) is 5.10 Å². The molecule has 0 fully saturated rings. The van der Waals surface area contributed by atoms with Crippen LogP contribution in [0.3, 0.4) is 0 Å². The highest BCUT2D eigenvalue weighted by molar-refractivity contribution is 6.17. The maximum Gasteiger partial charge on any atom is 0.137 e. The van der Waals surface area contributed by atoms with Gasteiger partial charge in [0.1, 0.15) is 17.1 Å². The molecule has 7 heteroatoms. The molecule has 0 radical (unpaired) electrons. The fourth-order valence-electron chi connectivity index (χ4n) is 3.80. The number of aromatic nitrogens is 4. The van der Waals surface area contributed by atoms with Crippen LogP contribution in [-0.4, -0.2) is 37.1 Å². The van der Waals surface area contributed by atoms with Crippen LogP contribution in [0.5, 0.6) is 0 Å². The SMILES string of the molecule is Cn1cc(-c2cnc3[nH]cc(C4=NCC(C(C)(O)c5cccc(F)c5)=C4)c3c2)cn1. The number of fused-ring (bicyclic) bond motifs is 1. The lowest BCUT2D eigenvalue weighted by atomic mass is 9.87. The molecule has 4 aromatic rings. The summed E-state index contributed by atoms with van der Waals surface area (Å²) in [5.41, 5.74) is 4.30. The maximum atomic E-state index is 13.7. The average Bonchev–Trinajstić information content (AvgIpc) is 3.46. The average molecular weight is 401 g/mol. The highest BCUT2D eigenvalue weighted by atomic mass is 19.1. The fraction of sp³-hybridized carbons (Fsp3) is 0.174. The zero-order chi connectivity index (χ0) is 20.9. The molecular weight excluding hydrogens is 381 g/mol. The molecule has 0 saturated carbocycles. The van der Waals surface area contributed by atoms with Crippen molar-refractivity contribution in [2.45, 2.75) is 12.5 Å². The monoisotopic (exact) mass is 401 g/mol. The Morgan fingerprint density at radius 2 is 2.07 bits per heavy atom. The predicted octanol–water partition coefficient (Wildman–Crippen LogP) is 3.74. The number of H-pyrrole nitrogens is 1. The van der Waals surface area contributed by atoms with Gasteiger partial charge in [0.2, 0.25) is 0 Å². The van der Waals surface area contributed by atoms with Crippen molar-refractivity contribution >= 4 is 16.7 Å². The number of pyridine rings is 1. The van der Waals surface area contributed by atoms with Crippen LogP contribution >= 0.6 is 0 Å². The first-order chi connectivity index (χ1) is 14.4. The van der Waals surface area contributed by atoms with Gasteiger partial charge in [-0.25, -0.2) is 9.37 Å². The lowest BCUT2D eigenvalue weighted by Gasteiger charge is -2.25. The molecule has 4 heterocycles. The largest absolute Gasteiger partial charge is 0.381 e. The zero-order valence-corrected chi connectivity index (χ0v) is 16.6. The van der Waals surface area contributed by atoms with Crippen molar-refractivity contribution in [2.75, 3.05) is 6.54 Å². The first kappa shape index (κ1) is 18.4. The van der Waals surface area contributed by atoms with E-state index < -0.39 is 5.60 Å². The molecule has 30 heavy (non-hydrogen) atoms. The van der Waals surface area contributed by atoms with Crippen molar-refractivity contribution in [3.63, 3.8) is 0 Å². The van der Waals surface area contributed by atoms with E-state index in [9.17, 15) is 9.50 Å². The Bertz CT molecular complexity index is 1330. The number of rotatable bonds is 4. The van der Waals surface area contributed by atoms with Crippen molar-refractivity contribution in [1.29, 1.82) is 0 Å². The number of aliphatic hydroxyl groups is 1. The third-order valence-corrected chi connectivity index (χ3v) is 5.59. The molecule has 0 aliphatic carbocycles. The normalized spacial score (nSPS) is 15.9. The standard InChI is InChI=1S/C23H20FN5O/c1-23(30,16-4-3-5-18(24)7-16)17-8-21(25-11-17)20-12-27-22-19(20)6-14(9-26-22)15-10-28-29(2)13-15/h3-10,12-13,30H,11H2,1-2H3,(H,26,27). The van der Waals surface area contributed by atoms with E-state index in [1.54, 1.807) is 29.9 Å². The number of halogens is 1. The van der Waals surface area contributed by atoms with Crippen LogP contribution in [0.2, 0.25) is 0 Å². The highest BCUT2D eigenvalue weighted by Crippen LogP contribution is 2.33. The van der Waals surface area contributed by atoms with Gasteiger partial charge in [-0.05, 0) is 42.3 Å². The van der Waals surface area contributed by atoms with Crippen LogP contribution < -0.4 is 0 Å². The summed E-state index contributed by atoms with van der Waals surface area (Å²) in [6.07, 6.45) is 9.31. The summed E-state index contributed by atoms with van der Waals surface area (Å²) in [6.45, 7) is 2.02. The van der Waals surface area contributed by atoms with E-state index in [2.05, 4.69) is 26.1 Å². The predicted molar refractivity (Wildman–Crippen MR) is 114 cm³/mol. The highest BCUT2D eigenvalue weighted by Gasteiger charge is 2.31. The van der Waals surface area contributed by atoms with Crippen LogP contribution in [0.4, 0.5) is 4.39 Å². The van der Waals surface area contributed by atoms with Gasteiger partial charge in [0.15, 0.2) is 0 Å². The fourth-order valence-corrected chi connectivity index (χ4v) is 3.80. The van der Waals surface area contributed by atoms with Gasteiger partial charge in [-0.3, -0.25) is 9.67 Å². The van der Waals surface area contributed by atoms with Crippen LogP contribution in [-0.2, 0) is 12.6 Å². The molecule has 0 bridgehead atoms. The van der Waals surface area contributed by atoms with Gasteiger partial charge >= 0.3 is 0 Å². The van der Waals surface area contributed by atoms with Gasteiger partial charge in [0.25, 0.3) is 0 Å². The number of nitrogens with zero attached hydrogens (tertiary/aromatic N) is 4. The van der Waals surface area contributed by atoms with Gasteiger partial charge < -0.3 is 10.1 Å². The van der Waals surface area contributed by atoms with Gasteiger partial charge in [0, 0.05) is 47.7 Å². The Morgan fingerprint density at radius 1 is 1.20 bits per heavy atom. The van der Waals surface area contributed by atoms with Gasteiger partial charge in [0.05, 0.1) is 18.5 Å². The summed E-state index contributed by atoms with van der Waals surface area (Å²) in [7, 11) is 1.88. The second-order valence-corrected chi connectivity index (χ2v) is 7.68. The molecule has 1 unspecified atom stereocenters. The second kappa shape index (κ2) is 6.74. The number of hydrogen-bond donors (Lipinski definition) is 2. The minimum atomic E-state index is -1.31. The van der Waals surface area contributed by atoms with Crippen molar-refractivity contribution < 1.29 is 9.50 Å². The van der Waals surface area contributed by atoms with E-state index in [1.165, 1.54) is 12.1 Å². The van der Waals surface area contributed by atoms with Crippen molar-refractivity contribution in [2.24, 2.45) is 12.0 Å². The molecule has 1 aromatic carbocycles. The minimum Gasteiger partial charge on any atom is -0.381 e. The molecule has 0 amide bonds. The second-order valence-electron chi connectivity index (χ2n) is 7.68. The molecule has 3 aromatic heterocycles. The van der Waals surface area contributed by atoms with Crippen molar-refractivity contribution in [3.8, 4) is 11.1 Å². The molecular formula is C23H20FN5O. The number of aliphatic imine (C=N–C) groups is 1. The zero-order valence-electron chi connectivity index (χ0n) is 16.6. The molecule has 6 nitrogen and oxygen atoms in total. The molecule has 150 valence electrons. The van der Waals surface area contributed by atoms with Crippen LogP contribution in [0.1, 0.15) is 18.1 Å². The van der Waals surface area contributed by atoms with E-state index in [1.807, 2.05) is 31.7 Å². The van der Waals surface area contributed by atoms with Crippen molar-refractivity contribution in [3.05, 3.63) is 83.7 Å². The topological polar surface area (TPSA) is 79.1 Å². The van der Waals surface area contributed by atoms with Gasteiger partial charge in [-0.1, -0.05) is 12.1 Å². The lowest BCUT2D eigenvalue weighted by molar-refractivity contribution is 0.0964. The number of allylic oxidation sites excluding steroid dienone is 1. The smallest absolute Gasteiger partial charge is 0.137 e. The lowest BCUT2D eigenvalue weighted by Crippen LogP contribution is -2.25. The number of nitrogens with one attached hydrogen (secondary N) is 1. The van der Waals surface area contributed by atoms with E-state index in [4.69, 9.17) is 0 Å². The molecule has 1 aliphatic rings. The summed E-state index contributed by atoms with van der Waals surface area (Å²) in [5, 5.41) is 16.3. The summed E-state index contributed by atoms with van der Waals surface area (Å²) in [4.78, 5) is 12.3. The number of hydrogen-bond acceptors (Lipinski definition) is 4. The van der Waals surface area contributed by atoms with Crippen LogP contribution in [0, 0.1) is 5.82 Å². The molecule has 0 spiro atoms. The van der Waals surface area contributed by atoms with Crippen LogP contribution in [0.15, 0.2) is 71.8 Å². The third kappa shape index (κ3) is 3.04. The molecule has 5 rings (SSSR count). The summed E-state index contributed by atoms with van der Waals surface area (Å²) in [5.74, 6) is -0.377. The molecule has 2 N–H and O–H groups in total. The number of aryl methyl sites for hydroxylation is 1. The van der Waals surface area contributed by atoms with Gasteiger partial charge in [-0.15, -0.1) is 0 Å². The quantitative estimate of drug-likeness (QED) is 0.547. The maximum absolute atomic E-state index is 13.7. The summed E-state index contributed by atoms with van der Waals surface area (Å²) >= 11 is 0.